The highest BCUT2D eigenvalue weighted by atomic mass is 32.2. The minimum absolute atomic E-state index is 0.0605. The third-order valence-corrected chi connectivity index (χ3v) is 9.66. The monoisotopic (exact) mass is 514 g/mol. The van der Waals surface area contributed by atoms with E-state index in [1.165, 1.54) is 11.6 Å². The van der Waals surface area contributed by atoms with E-state index in [1.54, 1.807) is 43.3 Å². The summed E-state index contributed by atoms with van der Waals surface area (Å²) in [5, 5.41) is 19.4. The van der Waals surface area contributed by atoms with Gasteiger partial charge in [0.15, 0.2) is 9.84 Å². The number of carbonyl (C=O) groups excluding carboxylic acids is 1. The molecule has 5 rings (SSSR count). The van der Waals surface area contributed by atoms with Crippen molar-refractivity contribution in [2.45, 2.75) is 55.8 Å². The molecule has 190 valence electrons. The molecule has 1 spiro atoms. The third-order valence-electron chi connectivity index (χ3n) is 7.91. The molecular formula is C30H30N2O4S. The fourth-order valence-electron chi connectivity index (χ4n) is 5.83. The van der Waals surface area contributed by atoms with Crippen molar-refractivity contribution in [2.24, 2.45) is 0 Å². The van der Waals surface area contributed by atoms with E-state index in [0.717, 1.165) is 48.1 Å². The Kier molecular flexibility index (Phi) is 6.55. The number of phenols is 1. The van der Waals surface area contributed by atoms with E-state index in [2.05, 4.69) is 12.1 Å². The normalized spacial score (nSPS) is 16.1. The van der Waals surface area contributed by atoms with Crippen LogP contribution in [0.2, 0.25) is 0 Å². The molecule has 1 aliphatic carbocycles. The van der Waals surface area contributed by atoms with Gasteiger partial charge in [0.25, 0.3) is 0 Å². The lowest BCUT2D eigenvalue weighted by atomic mass is 9.79. The topological polar surface area (TPSA) is 98.5 Å². The van der Waals surface area contributed by atoms with Crippen molar-refractivity contribution in [3.63, 3.8) is 0 Å². The van der Waals surface area contributed by atoms with Gasteiger partial charge < -0.3 is 10.0 Å². The molecule has 3 aromatic carbocycles. The highest BCUT2D eigenvalue weighted by molar-refractivity contribution is 7.91. The number of hydrogen-bond acceptors (Lipinski definition) is 5. The fourth-order valence-corrected chi connectivity index (χ4v) is 6.72. The van der Waals surface area contributed by atoms with Gasteiger partial charge in [0.1, 0.15) is 5.75 Å². The maximum atomic E-state index is 13.4. The van der Waals surface area contributed by atoms with Crippen LogP contribution in [0.25, 0.3) is 11.1 Å². The minimum atomic E-state index is -3.24. The van der Waals surface area contributed by atoms with Gasteiger partial charge in [-0.2, -0.15) is 5.26 Å². The molecule has 1 fully saturated rings. The second-order valence-corrected chi connectivity index (χ2v) is 12.4. The number of hydrogen-bond donors (Lipinski definition) is 1. The summed E-state index contributed by atoms with van der Waals surface area (Å²) in [6.07, 6.45) is 5.19. The number of nitrogens with zero attached hydrogens (tertiary/aromatic N) is 2. The van der Waals surface area contributed by atoms with Crippen molar-refractivity contribution < 1.29 is 18.3 Å². The summed E-state index contributed by atoms with van der Waals surface area (Å²) in [6, 6.07) is 19.9. The molecule has 1 N–H and O–H groups in total. The molecule has 1 amide bonds. The summed E-state index contributed by atoms with van der Waals surface area (Å²) in [6.45, 7) is 2.29. The molecule has 1 aliphatic heterocycles. The maximum Gasteiger partial charge on any atom is 0.227 e. The predicted octanol–water partition coefficient (Wildman–Crippen LogP) is 5.52. The lowest BCUT2D eigenvalue weighted by Crippen LogP contribution is -2.35. The zero-order chi connectivity index (χ0) is 26.2. The molecule has 7 heteroatoms. The smallest absolute Gasteiger partial charge is 0.227 e. The molecule has 3 aromatic rings. The lowest BCUT2D eigenvalue weighted by Gasteiger charge is -2.25. The molecule has 6 nitrogen and oxygen atoms in total. The number of phenolic OH excluding ortho intramolecular Hbond substituents is 1. The molecule has 0 bridgehead atoms. The predicted molar refractivity (Wildman–Crippen MR) is 143 cm³/mol. The van der Waals surface area contributed by atoms with E-state index in [0.29, 0.717) is 29.8 Å². The Labute approximate surface area is 218 Å². The number of aromatic hydroxyl groups is 1. The van der Waals surface area contributed by atoms with Crippen molar-refractivity contribution in [3.05, 3.63) is 77.4 Å². The molecule has 1 saturated carbocycles. The number of nitriles is 1. The molecule has 0 saturated heterocycles. The van der Waals surface area contributed by atoms with Crippen LogP contribution in [0, 0.1) is 11.3 Å². The van der Waals surface area contributed by atoms with Crippen LogP contribution < -0.4 is 4.90 Å². The molecule has 2 aliphatic rings. The van der Waals surface area contributed by atoms with Crippen molar-refractivity contribution in [1.82, 2.24) is 0 Å². The average molecular weight is 515 g/mol. The average Bonchev–Trinajstić information content (AvgIpc) is 3.52. The van der Waals surface area contributed by atoms with Gasteiger partial charge >= 0.3 is 0 Å². The van der Waals surface area contributed by atoms with Crippen LogP contribution in [0.4, 0.5) is 5.69 Å². The first-order valence-corrected chi connectivity index (χ1v) is 14.4. The quantitative estimate of drug-likeness (QED) is 0.467. The van der Waals surface area contributed by atoms with Gasteiger partial charge in [-0.3, -0.25) is 4.79 Å². The van der Waals surface area contributed by atoms with Crippen LogP contribution in [-0.4, -0.2) is 31.7 Å². The Hall–Kier alpha value is -3.63. The van der Waals surface area contributed by atoms with E-state index in [4.69, 9.17) is 0 Å². The first-order chi connectivity index (χ1) is 17.8. The fraction of sp³-hybridized carbons (Fsp3) is 0.333. The van der Waals surface area contributed by atoms with Gasteiger partial charge in [0, 0.05) is 24.1 Å². The van der Waals surface area contributed by atoms with Crippen LogP contribution in [0.3, 0.4) is 0 Å². The number of sulfone groups is 1. The highest BCUT2D eigenvalue weighted by Gasteiger charge is 2.46. The Bertz CT molecular complexity index is 1500. The standard InChI is InChI=1S/C30H30N2O4S/c1-2-37(35,36)25-10-5-21(6-11-25)7-14-29(34)32-20-30(15-3-4-16-30)27-18-22(8-13-28(27)32)26-12-9-24(33)17-23(26)19-31/h5-6,8-13,17-18,33H,2-4,7,14-16,20H2,1H3. The summed E-state index contributed by atoms with van der Waals surface area (Å²) in [7, 11) is -3.24. The van der Waals surface area contributed by atoms with Gasteiger partial charge in [-0.15, -0.1) is 0 Å². The molecule has 0 aromatic heterocycles. The van der Waals surface area contributed by atoms with Crippen LogP contribution in [0.1, 0.15) is 55.7 Å². The lowest BCUT2D eigenvalue weighted by molar-refractivity contribution is -0.118. The third kappa shape index (κ3) is 4.62. The number of fused-ring (bicyclic) bond motifs is 2. The van der Waals surface area contributed by atoms with Crippen molar-refractivity contribution in [3.8, 4) is 22.9 Å². The van der Waals surface area contributed by atoms with E-state index in [-0.39, 0.29) is 22.8 Å². The number of aryl methyl sites for hydroxylation is 1. The molecule has 1 heterocycles. The van der Waals surface area contributed by atoms with Gasteiger partial charge in [0.05, 0.1) is 22.3 Å². The van der Waals surface area contributed by atoms with Crippen molar-refractivity contribution >= 4 is 21.4 Å². The second-order valence-electron chi connectivity index (χ2n) is 10.1. The van der Waals surface area contributed by atoms with Gasteiger partial charge in [-0.25, -0.2) is 8.42 Å². The zero-order valence-corrected chi connectivity index (χ0v) is 21.7. The van der Waals surface area contributed by atoms with Crippen molar-refractivity contribution in [1.29, 1.82) is 5.26 Å². The molecule has 0 atom stereocenters. The minimum Gasteiger partial charge on any atom is -0.508 e. The van der Waals surface area contributed by atoms with Crippen LogP contribution in [0.5, 0.6) is 5.75 Å². The van der Waals surface area contributed by atoms with Crippen LogP contribution in [-0.2, 0) is 26.5 Å². The number of rotatable bonds is 6. The summed E-state index contributed by atoms with van der Waals surface area (Å²) in [5.74, 6) is 0.185. The molecular weight excluding hydrogens is 484 g/mol. The van der Waals surface area contributed by atoms with Gasteiger partial charge in [0.2, 0.25) is 5.91 Å². The van der Waals surface area contributed by atoms with Gasteiger partial charge in [-0.05, 0) is 84.0 Å². The zero-order valence-electron chi connectivity index (χ0n) is 20.9. The first kappa shape index (κ1) is 25.0. The Morgan fingerprint density at radius 1 is 1.05 bits per heavy atom. The maximum absolute atomic E-state index is 13.4. The van der Waals surface area contributed by atoms with Crippen LogP contribution in [0.15, 0.2) is 65.6 Å². The summed E-state index contributed by atoms with van der Waals surface area (Å²) >= 11 is 0. The number of carbonyl (C=O) groups is 1. The second kappa shape index (κ2) is 9.68. The SMILES string of the molecule is CCS(=O)(=O)c1ccc(CCC(=O)N2CC3(CCCC3)c3cc(-c4ccc(O)cc4C#N)ccc32)cc1. The number of benzene rings is 3. The summed E-state index contributed by atoms with van der Waals surface area (Å²) in [5.41, 5.74) is 5.09. The number of amides is 1. The molecule has 37 heavy (non-hydrogen) atoms. The van der Waals surface area contributed by atoms with E-state index in [9.17, 15) is 23.6 Å². The Morgan fingerprint density at radius 3 is 2.46 bits per heavy atom. The highest BCUT2D eigenvalue weighted by Crippen LogP contribution is 2.51. The van der Waals surface area contributed by atoms with E-state index < -0.39 is 9.84 Å². The van der Waals surface area contributed by atoms with E-state index >= 15 is 0 Å². The molecule has 0 radical (unpaired) electrons. The van der Waals surface area contributed by atoms with E-state index in [1.807, 2.05) is 17.0 Å². The Morgan fingerprint density at radius 2 is 1.78 bits per heavy atom. The van der Waals surface area contributed by atoms with Crippen molar-refractivity contribution in [2.75, 3.05) is 17.2 Å². The molecule has 0 unspecified atom stereocenters. The van der Waals surface area contributed by atoms with Gasteiger partial charge in [-0.1, -0.05) is 38.0 Å². The summed E-state index contributed by atoms with van der Waals surface area (Å²) < 4.78 is 24.1. The largest absolute Gasteiger partial charge is 0.508 e. The summed E-state index contributed by atoms with van der Waals surface area (Å²) in [4.78, 5) is 15.7. The number of anilines is 1. The van der Waals surface area contributed by atoms with Crippen LogP contribution >= 0.6 is 0 Å². The first-order valence-electron chi connectivity index (χ1n) is 12.8. The Balaban J connectivity index is 1.40.